The molecule has 0 radical (unpaired) electrons. The molecule has 3 aliphatic rings. The van der Waals surface area contributed by atoms with Crippen LogP contribution in [0.4, 0.5) is 0 Å². The molecule has 0 fully saturated rings. The van der Waals surface area contributed by atoms with Crippen molar-refractivity contribution in [2.45, 2.75) is 32.6 Å². The fourth-order valence-electron chi connectivity index (χ4n) is 4.95. The molecule has 0 bridgehead atoms. The van der Waals surface area contributed by atoms with Gasteiger partial charge in [-0.2, -0.15) is 0 Å². The number of aliphatic imine (C=N–C) groups is 1. The van der Waals surface area contributed by atoms with Crippen LogP contribution in [0.3, 0.4) is 0 Å². The summed E-state index contributed by atoms with van der Waals surface area (Å²) in [4.78, 5) is 31.5. The molecule has 2 aromatic rings. The third-order valence-corrected chi connectivity index (χ3v) is 6.28. The van der Waals surface area contributed by atoms with Gasteiger partial charge >= 0.3 is 0 Å². The molecule has 3 nitrogen and oxygen atoms in total. The monoisotopic (exact) mass is 389 g/mol. The fourth-order valence-corrected chi connectivity index (χ4v) is 5.14. The van der Waals surface area contributed by atoms with E-state index in [1.54, 1.807) is 0 Å². The summed E-state index contributed by atoms with van der Waals surface area (Å²) in [5, 5.41) is 0.607. The largest absolute Gasteiger partial charge is 0.294 e. The van der Waals surface area contributed by atoms with Crippen LogP contribution in [0.5, 0.6) is 0 Å². The Morgan fingerprint density at radius 1 is 0.964 bits per heavy atom. The van der Waals surface area contributed by atoms with Gasteiger partial charge in [-0.1, -0.05) is 61.8 Å². The number of carbonyl (C=O) groups is 2. The van der Waals surface area contributed by atoms with E-state index in [4.69, 9.17) is 16.6 Å². The van der Waals surface area contributed by atoms with E-state index < -0.39 is 5.92 Å². The Morgan fingerprint density at radius 3 is 2.46 bits per heavy atom. The highest BCUT2D eigenvalue weighted by Gasteiger charge is 2.50. The number of rotatable bonds is 1. The molecule has 0 spiro atoms. The van der Waals surface area contributed by atoms with E-state index in [2.05, 4.69) is 13.8 Å². The molecule has 4 heteroatoms. The minimum atomic E-state index is -0.459. The Bertz CT molecular complexity index is 1110. The zero-order valence-electron chi connectivity index (χ0n) is 15.8. The first-order valence-corrected chi connectivity index (χ1v) is 9.97. The average molecular weight is 390 g/mol. The maximum absolute atomic E-state index is 13.4. The van der Waals surface area contributed by atoms with E-state index >= 15 is 0 Å². The van der Waals surface area contributed by atoms with Crippen molar-refractivity contribution in [3.05, 3.63) is 81.5 Å². The van der Waals surface area contributed by atoms with E-state index in [-0.39, 0.29) is 22.9 Å². The minimum Gasteiger partial charge on any atom is -0.294 e. The Balaban J connectivity index is 1.78. The molecular formula is C24H20ClNO2. The van der Waals surface area contributed by atoms with E-state index in [1.807, 2.05) is 48.5 Å². The highest BCUT2D eigenvalue weighted by atomic mass is 35.5. The van der Waals surface area contributed by atoms with Crippen molar-refractivity contribution in [3.63, 3.8) is 0 Å². The zero-order chi connectivity index (χ0) is 19.6. The Hall–Kier alpha value is -2.52. The molecule has 0 saturated carbocycles. The molecule has 1 aliphatic heterocycles. The number of fused-ring (bicyclic) bond motifs is 3. The zero-order valence-corrected chi connectivity index (χ0v) is 16.6. The summed E-state index contributed by atoms with van der Waals surface area (Å²) in [5.41, 5.74) is 4.71. The summed E-state index contributed by atoms with van der Waals surface area (Å²) < 4.78 is 0. The molecule has 0 aromatic heterocycles. The smallest absolute Gasteiger partial charge is 0.173 e. The Labute approximate surface area is 169 Å². The summed E-state index contributed by atoms with van der Waals surface area (Å²) in [7, 11) is 0. The Kier molecular flexibility index (Phi) is 3.76. The predicted octanol–water partition coefficient (Wildman–Crippen LogP) is 5.38. The van der Waals surface area contributed by atoms with Crippen molar-refractivity contribution in [1.82, 2.24) is 0 Å². The molecule has 28 heavy (non-hydrogen) atoms. The van der Waals surface area contributed by atoms with Crippen molar-refractivity contribution in [3.8, 4) is 0 Å². The van der Waals surface area contributed by atoms with Crippen LogP contribution in [0.1, 0.15) is 54.1 Å². The second kappa shape index (κ2) is 5.99. The second-order valence-electron chi connectivity index (χ2n) is 8.72. The van der Waals surface area contributed by atoms with Crippen LogP contribution in [0, 0.1) is 11.3 Å². The van der Waals surface area contributed by atoms with Crippen LogP contribution in [-0.4, -0.2) is 17.3 Å². The number of Topliss-reactive ketones (excluding diaryl/α,β-unsaturated/α-hetero) is 2. The molecule has 140 valence electrons. The lowest BCUT2D eigenvalue weighted by Crippen LogP contribution is -2.37. The van der Waals surface area contributed by atoms with Gasteiger partial charge in [-0.3, -0.25) is 14.6 Å². The molecular weight excluding hydrogens is 370 g/mol. The summed E-state index contributed by atoms with van der Waals surface area (Å²) in [6, 6.07) is 15.2. The van der Waals surface area contributed by atoms with Crippen molar-refractivity contribution < 1.29 is 9.59 Å². The number of ketones is 2. The first-order valence-electron chi connectivity index (χ1n) is 9.60. The normalized spacial score (nSPS) is 25.2. The SMILES string of the molecule is CC1(C)CC(=O)C2=C(C1)N=C1c3ccccc3C(=O)[C@@H]1[C@@H]2c1cccc(Cl)c1. The lowest BCUT2D eigenvalue weighted by atomic mass is 9.66. The quantitative estimate of drug-likeness (QED) is 0.657. The van der Waals surface area contributed by atoms with Crippen molar-refractivity contribution in [2.75, 3.05) is 0 Å². The lowest BCUT2D eigenvalue weighted by Gasteiger charge is -2.38. The number of benzene rings is 2. The third kappa shape index (κ3) is 2.53. The average Bonchev–Trinajstić information content (AvgIpc) is 2.92. The standard InChI is InChI=1S/C24H20ClNO2/c1-24(2)11-17-20(18(27)12-24)19(13-6-5-7-14(25)10-13)21-22(26-17)15-8-3-4-9-16(15)23(21)28/h3-10,19,21H,11-12H2,1-2H3/t19-,21-/m1/s1. The van der Waals surface area contributed by atoms with Crippen molar-refractivity contribution in [2.24, 2.45) is 16.3 Å². The molecule has 0 saturated heterocycles. The number of nitrogens with zero attached hydrogens (tertiary/aromatic N) is 1. The summed E-state index contributed by atoms with van der Waals surface area (Å²) in [6.07, 6.45) is 1.21. The number of carbonyl (C=O) groups excluding carboxylic acids is 2. The molecule has 2 aliphatic carbocycles. The number of halogens is 1. The van der Waals surface area contributed by atoms with Crippen LogP contribution in [0.2, 0.25) is 5.02 Å². The number of allylic oxidation sites excluding steroid dienone is 2. The maximum atomic E-state index is 13.4. The summed E-state index contributed by atoms with van der Waals surface area (Å²) in [6.45, 7) is 4.20. The van der Waals surface area contributed by atoms with E-state index in [0.717, 1.165) is 29.0 Å². The molecule has 1 heterocycles. The highest BCUT2D eigenvalue weighted by molar-refractivity contribution is 6.31. The number of hydrogen-bond donors (Lipinski definition) is 0. The van der Waals surface area contributed by atoms with Crippen molar-refractivity contribution >= 4 is 28.9 Å². The van der Waals surface area contributed by atoms with E-state index in [9.17, 15) is 9.59 Å². The van der Waals surface area contributed by atoms with Crippen molar-refractivity contribution in [1.29, 1.82) is 0 Å². The maximum Gasteiger partial charge on any atom is 0.173 e. The van der Waals surface area contributed by atoms with Gasteiger partial charge in [0.1, 0.15) is 0 Å². The van der Waals surface area contributed by atoms with Crippen LogP contribution in [0.15, 0.2) is 64.8 Å². The van der Waals surface area contributed by atoms with Crippen LogP contribution >= 0.6 is 11.6 Å². The highest BCUT2D eigenvalue weighted by Crippen LogP contribution is 2.51. The van der Waals surface area contributed by atoms with Crippen LogP contribution in [-0.2, 0) is 4.79 Å². The summed E-state index contributed by atoms with van der Waals surface area (Å²) in [5.74, 6) is -0.643. The molecule has 0 amide bonds. The molecule has 0 unspecified atom stereocenters. The van der Waals surface area contributed by atoms with E-state index in [0.29, 0.717) is 22.6 Å². The first kappa shape index (κ1) is 17.6. The molecule has 0 N–H and O–H groups in total. The van der Waals surface area contributed by atoms with Gasteiger partial charge in [-0.25, -0.2) is 0 Å². The molecule has 2 atom stereocenters. The van der Waals surface area contributed by atoms with Gasteiger partial charge in [-0.15, -0.1) is 0 Å². The van der Waals surface area contributed by atoms with Gasteiger partial charge in [0.05, 0.1) is 11.6 Å². The van der Waals surface area contributed by atoms with Crippen LogP contribution in [0.25, 0.3) is 0 Å². The van der Waals surface area contributed by atoms with Crippen LogP contribution < -0.4 is 0 Å². The third-order valence-electron chi connectivity index (χ3n) is 6.05. The summed E-state index contributed by atoms with van der Waals surface area (Å²) >= 11 is 6.27. The molecule has 5 rings (SSSR count). The van der Waals surface area contributed by atoms with Gasteiger partial charge in [0.2, 0.25) is 0 Å². The van der Waals surface area contributed by atoms with Gasteiger partial charge in [0.25, 0.3) is 0 Å². The fraction of sp³-hybridized carbons (Fsp3) is 0.292. The number of hydrogen-bond acceptors (Lipinski definition) is 3. The van der Waals surface area contributed by atoms with Gasteiger partial charge in [0, 0.05) is 39.8 Å². The topological polar surface area (TPSA) is 46.5 Å². The van der Waals surface area contributed by atoms with Gasteiger partial charge in [-0.05, 0) is 29.5 Å². The first-order chi connectivity index (χ1) is 13.4. The predicted molar refractivity (Wildman–Crippen MR) is 110 cm³/mol. The second-order valence-corrected chi connectivity index (χ2v) is 9.15. The lowest BCUT2D eigenvalue weighted by molar-refractivity contribution is -0.118. The Morgan fingerprint density at radius 2 is 1.71 bits per heavy atom. The van der Waals surface area contributed by atoms with Gasteiger partial charge < -0.3 is 0 Å². The van der Waals surface area contributed by atoms with Gasteiger partial charge in [0.15, 0.2) is 11.6 Å². The minimum absolute atomic E-state index is 0.0449. The van der Waals surface area contributed by atoms with E-state index in [1.165, 1.54) is 0 Å². The molecule has 2 aromatic carbocycles.